The van der Waals surface area contributed by atoms with E-state index in [1.165, 1.54) is 12.1 Å². The average Bonchev–Trinajstić information content (AvgIpc) is 2.87. The third-order valence-electron chi connectivity index (χ3n) is 2.68. The van der Waals surface area contributed by atoms with E-state index in [4.69, 9.17) is 0 Å². The first-order valence-electron chi connectivity index (χ1n) is 4.92. The third kappa shape index (κ3) is 1.26. The Labute approximate surface area is 90.3 Å². The summed E-state index contributed by atoms with van der Waals surface area (Å²) in [6.07, 6.45) is 5.43. The van der Waals surface area contributed by atoms with Crippen LogP contribution < -0.4 is 0 Å². The van der Waals surface area contributed by atoms with E-state index >= 15 is 0 Å². The summed E-state index contributed by atoms with van der Waals surface area (Å²) < 4.78 is 26.2. The number of allylic oxidation sites excluding steroid dienone is 1. The van der Waals surface area contributed by atoms with Crippen molar-refractivity contribution in [3.05, 3.63) is 41.6 Å². The SMILES string of the molecule is Fc1cc2[nH]cc(C3=CCN=C3)c2cc1F. The van der Waals surface area contributed by atoms with E-state index in [2.05, 4.69) is 9.98 Å². The van der Waals surface area contributed by atoms with Crippen LogP contribution in [0.1, 0.15) is 5.56 Å². The van der Waals surface area contributed by atoms with Crippen LogP contribution in [0.2, 0.25) is 0 Å². The van der Waals surface area contributed by atoms with Gasteiger partial charge in [-0.25, -0.2) is 8.78 Å². The van der Waals surface area contributed by atoms with Gasteiger partial charge in [-0.2, -0.15) is 0 Å². The van der Waals surface area contributed by atoms with Crippen molar-refractivity contribution < 1.29 is 8.78 Å². The number of nitrogens with zero attached hydrogens (tertiary/aromatic N) is 1. The molecule has 0 amide bonds. The monoisotopic (exact) mass is 218 g/mol. The number of H-pyrrole nitrogens is 1. The largest absolute Gasteiger partial charge is 0.360 e. The summed E-state index contributed by atoms with van der Waals surface area (Å²) >= 11 is 0. The quantitative estimate of drug-likeness (QED) is 0.762. The Kier molecular flexibility index (Phi) is 1.89. The molecular formula is C12H8F2N2. The normalized spacial score (nSPS) is 14.8. The molecule has 1 N–H and O–H groups in total. The molecule has 1 aliphatic rings. The smallest absolute Gasteiger partial charge is 0.160 e. The maximum absolute atomic E-state index is 13.2. The molecule has 0 saturated carbocycles. The standard InChI is InChI=1S/C12H8F2N2/c13-10-3-8-9(7-1-2-15-5-7)6-16-12(8)4-11(10)14/h1,3-6,16H,2H2. The molecule has 1 aromatic carbocycles. The Morgan fingerprint density at radius 1 is 1.19 bits per heavy atom. The molecule has 0 atom stereocenters. The summed E-state index contributed by atoms with van der Waals surface area (Å²) in [4.78, 5) is 6.99. The van der Waals surface area contributed by atoms with Gasteiger partial charge in [0.15, 0.2) is 11.6 Å². The lowest BCUT2D eigenvalue weighted by atomic mass is 10.1. The first kappa shape index (κ1) is 9.27. The molecule has 1 aliphatic heterocycles. The van der Waals surface area contributed by atoms with Gasteiger partial charge >= 0.3 is 0 Å². The first-order chi connectivity index (χ1) is 7.75. The molecule has 0 unspecified atom stereocenters. The Hall–Kier alpha value is -1.97. The van der Waals surface area contributed by atoms with Crippen molar-refractivity contribution in [2.45, 2.75) is 0 Å². The Morgan fingerprint density at radius 3 is 2.75 bits per heavy atom. The van der Waals surface area contributed by atoms with Gasteiger partial charge in [0.1, 0.15) is 0 Å². The zero-order valence-corrected chi connectivity index (χ0v) is 8.30. The Morgan fingerprint density at radius 2 is 2.00 bits per heavy atom. The topological polar surface area (TPSA) is 28.1 Å². The summed E-state index contributed by atoms with van der Waals surface area (Å²) in [5.41, 5.74) is 2.39. The van der Waals surface area contributed by atoms with Crippen LogP contribution in [0.25, 0.3) is 16.5 Å². The number of rotatable bonds is 1. The second-order valence-electron chi connectivity index (χ2n) is 3.67. The van der Waals surface area contributed by atoms with Crippen LogP contribution in [0.3, 0.4) is 0 Å². The predicted octanol–water partition coefficient (Wildman–Crippen LogP) is 2.91. The molecular weight excluding hydrogens is 210 g/mol. The average molecular weight is 218 g/mol. The van der Waals surface area contributed by atoms with Crippen molar-refractivity contribution in [2.75, 3.05) is 6.54 Å². The number of hydrogen-bond donors (Lipinski definition) is 1. The molecule has 3 rings (SSSR count). The second-order valence-corrected chi connectivity index (χ2v) is 3.67. The maximum Gasteiger partial charge on any atom is 0.160 e. The van der Waals surface area contributed by atoms with Crippen LogP contribution in [0, 0.1) is 11.6 Å². The number of benzene rings is 1. The van der Waals surface area contributed by atoms with Crippen LogP contribution in [0.4, 0.5) is 8.78 Å². The highest BCUT2D eigenvalue weighted by atomic mass is 19.2. The van der Waals surface area contributed by atoms with E-state index in [1.807, 2.05) is 6.08 Å². The highest BCUT2D eigenvalue weighted by molar-refractivity contribution is 6.16. The lowest BCUT2D eigenvalue weighted by Crippen LogP contribution is -1.85. The minimum absolute atomic E-state index is 0.593. The molecule has 2 aromatic rings. The highest BCUT2D eigenvalue weighted by Gasteiger charge is 2.12. The van der Waals surface area contributed by atoms with Gasteiger partial charge < -0.3 is 4.98 Å². The van der Waals surface area contributed by atoms with Gasteiger partial charge in [-0.3, -0.25) is 4.99 Å². The van der Waals surface area contributed by atoms with Gasteiger partial charge in [-0.05, 0) is 11.6 Å². The fourth-order valence-electron chi connectivity index (χ4n) is 1.89. The summed E-state index contributed by atoms with van der Waals surface area (Å²) in [6.45, 7) is 0.645. The number of nitrogens with one attached hydrogen (secondary N) is 1. The fraction of sp³-hybridized carbons (Fsp3) is 0.0833. The van der Waals surface area contributed by atoms with Gasteiger partial charge in [-0.15, -0.1) is 0 Å². The van der Waals surface area contributed by atoms with Gasteiger partial charge in [-0.1, -0.05) is 6.08 Å². The maximum atomic E-state index is 13.2. The number of aliphatic imine (C=N–C) groups is 1. The van der Waals surface area contributed by atoms with E-state index in [0.29, 0.717) is 17.4 Å². The van der Waals surface area contributed by atoms with Crippen molar-refractivity contribution in [1.29, 1.82) is 0 Å². The molecule has 80 valence electrons. The van der Waals surface area contributed by atoms with Crippen molar-refractivity contribution in [3.8, 4) is 0 Å². The van der Waals surface area contributed by atoms with Crippen molar-refractivity contribution in [1.82, 2.24) is 4.98 Å². The Balaban J connectivity index is 2.27. The van der Waals surface area contributed by atoms with Gasteiger partial charge in [0.25, 0.3) is 0 Å². The molecule has 0 radical (unpaired) electrons. The number of aromatic nitrogens is 1. The number of fused-ring (bicyclic) bond motifs is 1. The lowest BCUT2D eigenvalue weighted by Gasteiger charge is -1.97. The van der Waals surface area contributed by atoms with Gasteiger partial charge in [0.2, 0.25) is 0 Å². The van der Waals surface area contributed by atoms with Crippen molar-refractivity contribution in [2.24, 2.45) is 4.99 Å². The summed E-state index contributed by atoms with van der Waals surface area (Å²) in [7, 11) is 0. The minimum atomic E-state index is -0.838. The van der Waals surface area contributed by atoms with Crippen molar-refractivity contribution in [3.63, 3.8) is 0 Å². The summed E-state index contributed by atoms with van der Waals surface area (Å²) in [5.74, 6) is -1.67. The molecule has 0 saturated heterocycles. The second kappa shape index (κ2) is 3.27. The molecule has 2 nitrogen and oxygen atoms in total. The van der Waals surface area contributed by atoms with Crippen LogP contribution in [0.15, 0.2) is 29.4 Å². The zero-order valence-electron chi connectivity index (χ0n) is 8.30. The van der Waals surface area contributed by atoms with E-state index in [0.717, 1.165) is 11.1 Å². The first-order valence-corrected chi connectivity index (χ1v) is 4.92. The number of hydrogen-bond acceptors (Lipinski definition) is 1. The van der Waals surface area contributed by atoms with E-state index < -0.39 is 11.6 Å². The van der Waals surface area contributed by atoms with Crippen LogP contribution >= 0.6 is 0 Å². The van der Waals surface area contributed by atoms with Crippen LogP contribution in [-0.2, 0) is 0 Å². The molecule has 1 aromatic heterocycles. The highest BCUT2D eigenvalue weighted by Crippen LogP contribution is 2.27. The number of aromatic amines is 1. The van der Waals surface area contributed by atoms with E-state index in [1.54, 1.807) is 12.4 Å². The minimum Gasteiger partial charge on any atom is -0.360 e. The third-order valence-corrected chi connectivity index (χ3v) is 2.68. The van der Waals surface area contributed by atoms with Crippen LogP contribution in [0.5, 0.6) is 0 Å². The Bertz CT molecular complexity index is 623. The van der Waals surface area contributed by atoms with Gasteiger partial charge in [0.05, 0.1) is 6.54 Å². The summed E-state index contributed by atoms with van der Waals surface area (Å²) in [6, 6.07) is 2.38. The molecule has 0 spiro atoms. The van der Waals surface area contributed by atoms with E-state index in [9.17, 15) is 8.78 Å². The molecule has 0 aliphatic carbocycles. The molecule has 16 heavy (non-hydrogen) atoms. The van der Waals surface area contributed by atoms with E-state index in [-0.39, 0.29) is 0 Å². The zero-order chi connectivity index (χ0) is 11.1. The van der Waals surface area contributed by atoms with Gasteiger partial charge in [0, 0.05) is 34.9 Å². The molecule has 0 fully saturated rings. The van der Waals surface area contributed by atoms with Crippen LogP contribution in [-0.4, -0.2) is 17.7 Å². The summed E-state index contributed by atoms with van der Waals surface area (Å²) in [5, 5.41) is 0.679. The predicted molar refractivity (Wildman–Crippen MR) is 59.6 cm³/mol. The van der Waals surface area contributed by atoms with Crippen molar-refractivity contribution >= 4 is 22.7 Å². The molecule has 4 heteroatoms. The fourth-order valence-corrected chi connectivity index (χ4v) is 1.89. The lowest BCUT2D eigenvalue weighted by molar-refractivity contribution is 0.511. The molecule has 2 heterocycles. The molecule has 0 bridgehead atoms. The number of halogens is 2.